The van der Waals surface area contributed by atoms with Crippen LogP contribution in [0.2, 0.25) is 0 Å². The van der Waals surface area contributed by atoms with Crippen LogP contribution in [-0.4, -0.2) is 55.5 Å². The molecule has 2 aliphatic carbocycles. The fraction of sp³-hybridized carbons (Fsp3) is 1.00. The summed E-state index contributed by atoms with van der Waals surface area (Å²) < 4.78 is 140. The Morgan fingerprint density at radius 2 is 1.08 bits per heavy atom. The maximum absolute atomic E-state index is 14.1. The van der Waals surface area contributed by atoms with Crippen molar-refractivity contribution in [2.24, 2.45) is 5.92 Å². The summed E-state index contributed by atoms with van der Waals surface area (Å²) in [6, 6.07) is 0. The molecule has 0 saturated heterocycles. The first-order chi connectivity index (χ1) is 11.8. The largest absolute Gasteiger partial charge is 0.522 e. The van der Waals surface area contributed by atoms with Crippen molar-refractivity contribution in [2.45, 2.75) is 81.2 Å². The van der Waals surface area contributed by atoms with Gasteiger partial charge in [-0.1, -0.05) is 0 Å². The van der Waals surface area contributed by atoms with Crippen LogP contribution in [0.4, 0.5) is 43.9 Å². The van der Waals surface area contributed by atoms with Crippen LogP contribution in [0.5, 0.6) is 0 Å². The summed E-state index contributed by atoms with van der Waals surface area (Å²) in [5, 5.41) is 0. The monoisotopic (exact) mass is 406 g/mol. The van der Waals surface area contributed by atoms with Gasteiger partial charge in [-0.2, -0.15) is 8.78 Å². The molecule has 0 heterocycles. The quantitative estimate of drug-likeness (QED) is 0.627. The summed E-state index contributed by atoms with van der Waals surface area (Å²) in [6.07, 6.45) is -30.8. The van der Waals surface area contributed by atoms with E-state index < -0.39 is 87.1 Å². The van der Waals surface area contributed by atoms with Crippen LogP contribution in [0, 0.1) is 5.92 Å². The maximum Gasteiger partial charge on any atom is 0.522 e. The van der Waals surface area contributed by atoms with E-state index in [1.54, 1.807) is 0 Å². The van der Waals surface area contributed by atoms with E-state index in [-0.39, 0.29) is 0 Å². The molecule has 2 aliphatic rings. The molecule has 0 N–H and O–H groups in total. The molecule has 4 atom stereocenters. The Morgan fingerprint density at radius 1 is 0.615 bits per heavy atom. The van der Waals surface area contributed by atoms with E-state index in [0.717, 1.165) is 0 Å². The van der Waals surface area contributed by atoms with E-state index in [1.807, 2.05) is 0 Å². The fourth-order valence-corrected chi connectivity index (χ4v) is 3.32. The number of alkyl halides is 10. The van der Waals surface area contributed by atoms with Crippen LogP contribution in [0.25, 0.3) is 0 Å². The van der Waals surface area contributed by atoms with Gasteiger partial charge in [-0.25, -0.2) is 22.0 Å². The van der Waals surface area contributed by atoms with Crippen molar-refractivity contribution in [1.29, 1.82) is 0 Å². The Hall–Kier alpha value is -0.780. The summed E-state index contributed by atoms with van der Waals surface area (Å²) in [4.78, 5) is 0. The highest BCUT2D eigenvalue weighted by molar-refractivity contribution is 4.94. The van der Waals surface area contributed by atoms with Gasteiger partial charge in [0.25, 0.3) is 0 Å². The molecule has 0 aromatic carbocycles. The predicted octanol–water partition coefficient (Wildman–Crippen LogP) is 4.76. The molecule has 2 saturated carbocycles. The lowest BCUT2D eigenvalue weighted by molar-refractivity contribution is -0.366. The van der Waals surface area contributed by atoms with E-state index in [0.29, 0.717) is 0 Å². The molecular weight excluding hydrogens is 390 g/mol. The van der Waals surface area contributed by atoms with E-state index in [4.69, 9.17) is 0 Å². The van der Waals surface area contributed by atoms with E-state index in [2.05, 4.69) is 9.47 Å². The van der Waals surface area contributed by atoms with E-state index >= 15 is 0 Å². The zero-order chi connectivity index (χ0) is 19.9. The second-order valence-corrected chi connectivity index (χ2v) is 6.46. The van der Waals surface area contributed by atoms with Crippen molar-refractivity contribution < 1.29 is 53.4 Å². The molecule has 0 amide bonds. The molecule has 0 radical (unpaired) electrons. The van der Waals surface area contributed by atoms with Crippen molar-refractivity contribution in [2.75, 3.05) is 0 Å². The van der Waals surface area contributed by atoms with Crippen LogP contribution in [-0.2, 0) is 9.47 Å². The highest BCUT2D eigenvalue weighted by atomic mass is 19.4. The van der Waals surface area contributed by atoms with Gasteiger partial charge in [-0.05, 0) is 0 Å². The molecule has 0 aromatic rings. The first-order valence-electron chi connectivity index (χ1n) is 7.80. The molecule has 154 valence electrons. The summed E-state index contributed by atoms with van der Waals surface area (Å²) in [5.41, 5.74) is 0. The van der Waals surface area contributed by atoms with Crippen molar-refractivity contribution in [3.8, 4) is 0 Å². The predicted molar refractivity (Wildman–Crippen MR) is 67.2 cm³/mol. The third kappa shape index (κ3) is 5.14. The van der Waals surface area contributed by atoms with Crippen LogP contribution in [0.1, 0.15) is 25.7 Å². The van der Waals surface area contributed by atoms with Crippen LogP contribution >= 0.6 is 0 Å². The highest BCUT2D eigenvalue weighted by Crippen LogP contribution is 2.44. The Balaban J connectivity index is 2.02. The molecular formula is C14H16F10O2. The normalized spacial score (nSPS) is 42.7. The molecule has 4 unspecified atom stereocenters. The highest BCUT2D eigenvalue weighted by Gasteiger charge is 2.56. The molecule has 0 bridgehead atoms. The smallest absolute Gasteiger partial charge is 0.317 e. The van der Waals surface area contributed by atoms with Gasteiger partial charge in [-0.15, -0.1) is 13.2 Å². The summed E-state index contributed by atoms with van der Waals surface area (Å²) >= 11 is 0. The minimum Gasteiger partial charge on any atom is -0.317 e. The lowest BCUT2D eigenvalue weighted by Crippen LogP contribution is -2.52. The van der Waals surface area contributed by atoms with Crippen molar-refractivity contribution in [1.82, 2.24) is 0 Å². The topological polar surface area (TPSA) is 18.5 Å². The standard InChI is InChI=1S/C14H16F10O2/c15-5-1-7(16)11(8(17)2-5)13(20,21)25-6-3-9(18)12(10(19)4-6)26-14(22,23)24/h5-12H,1-4H2. The van der Waals surface area contributed by atoms with Gasteiger partial charge < -0.3 is 4.74 Å². The second kappa shape index (κ2) is 7.69. The average Bonchev–Trinajstić information content (AvgIpc) is 2.39. The molecule has 2 nitrogen and oxygen atoms in total. The minimum atomic E-state index is -5.33. The maximum atomic E-state index is 14.1. The fourth-order valence-electron chi connectivity index (χ4n) is 3.32. The number of ether oxygens (including phenoxy) is 2. The summed E-state index contributed by atoms with van der Waals surface area (Å²) in [6.45, 7) is 0. The van der Waals surface area contributed by atoms with Crippen LogP contribution < -0.4 is 0 Å². The SMILES string of the molecule is FC1CC(F)C(C(F)(F)OC2CC(F)C(OC(F)(F)F)C(F)C2)C(F)C1. The summed E-state index contributed by atoms with van der Waals surface area (Å²) in [5.74, 6) is -2.67. The first kappa shape index (κ1) is 21.5. The van der Waals surface area contributed by atoms with Crippen molar-refractivity contribution >= 4 is 0 Å². The van der Waals surface area contributed by atoms with Gasteiger partial charge in [0.2, 0.25) is 0 Å². The molecule has 0 aliphatic heterocycles. The van der Waals surface area contributed by atoms with Gasteiger partial charge >= 0.3 is 12.5 Å². The zero-order valence-corrected chi connectivity index (χ0v) is 13.0. The van der Waals surface area contributed by atoms with E-state index in [9.17, 15) is 43.9 Å². The molecule has 2 rings (SSSR count). The average molecular weight is 406 g/mol. The third-order valence-electron chi connectivity index (χ3n) is 4.41. The Kier molecular flexibility index (Phi) is 6.36. The molecule has 0 aromatic heterocycles. The van der Waals surface area contributed by atoms with Gasteiger partial charge in [-0.3, -0.25) is 4.74 Å². The Morgan fingerprint density at radius 3 is 1.50 bits per heavy atom. The van der Waals surface area contributed by atoms with Gasteiger partial charge in [0.1, 0.15) is 42.9 Å². The zero-order valence-electron chi connectivity index (χ0n) is 13.0. The third-order valence-corrected chi connectivity index (χ3v) is 4.41. The van der Waals surface area contributed by atoms with Crippen LogP contribution in [0.3, 0.4) is 0 Å². The lowest BCUT2D eigenvalue weighted by atomic mass is 9.83. The second-order valence-electron chi connectivity index (χ2n) is 6.46. The number of hydrogen-bond donors (Lipinski definition) is 0. The van der Waals surface area contributed by atoms with Crippen molar-refractivity contribution in [3.63, 3.8) is 0 Å². The Labute approximate surface area is 141 Å². The Bertz CT molecular complexity index is 449. The van der Waals surface area contributed by atoms with Gasteiger partial charge in [0.15, 0.2) is 0 Å². The van der Waals surface area contributed by atoms with Gasteiger partial charge in [0, 0.05) is 25.7 Å². The lowest BCUT2D eigenvalue weighted by Gasteiger charge is -2.40. The molecule has 0 spiro atoms. The van der Waals surface area contributed by atoms with Gasteiger partial charge in [0.05, 0.1) is 6.10 Å². The number of hydrogen-bond acceptors (Lipinski definition) is 2. The summed E-state index contributed by atoms with van der Waals surface area (Å²) in [7, 11) is 0. The van der Waals surface area contributed by atoms with E-state index in [1.165, 1.54) is 0 Å². The molecule has 2 fully saturated rings. The van der Waals surface area contributed by atoms with Crippen molar-refractivity contribution in [3.05, 3.63) is 0 Å². The number of halogens is 10. The first-order valence-corrected chi connectivity index (χ1v) is 7.80. The number of rotatable bonds is 4. The minimum absolute atomic E-state index is 0.978. The van der Waals surface area contributed by atoms with Crippen LogP contribution in [0.15, 0.2) is 0 Å². The molecule has 26 heavy (non-hydrogen) atoms. The molecule has 12 heteroatoms.